The summed E-state index contributed by atoms with van der Waals surface area (Å²) in [5.41, 5.74) is -0.281. The molecule has 3 nitrogen and oxygen atoms in total. The molecule has 0 spiro atoms. The predicted molar refractivity (Wildman–Crippen MR) is 53.5 cm³/mol. The van der Waals surface area contributed by atoms with Gasteiger partial charge in [0, 0.05) is 6.04 Å². The fourth-order valence-corrected chi connectivity index (χ4v) is 1.21. The lowest BCUT2D eigenvalue weighted by Gasteiger charge is -2.12. The Kier molecular flexibility index (Phi) is 3.33. The molecule has 13 heavy (non-hydrogen) atoms. The molecule has 5 heteroatoms. The molecule has 72 valence electrons. The largest absolute Gasteiger partial charge is 0.295 e. The van der Waals surface area contributed by atoms with Gasteiger partial charge in [-0.15, -0.1) is 0 Å². The number of hydrogen-bond donors (Lipinski definition) is 0. The molecule has 0 aliphatic carbocycles. The Morgan fingerprint density at radius 2 is 2.23 bits per heavy atom. The molecular formula is C8H10Cl2N2O. The monoisotopic (exact) mass is 220 g/mol. The highest BCUT2D eigenvalue weighted by atomic mass is 35.5. The number of aromatic nitrogens is 2. The molecule has 0 radical (unpaired) electrons. The second-order valence-electron chi connectivity index (χ2n) is 2.82. The smallest absolute Gasteiger partial charge is 0.273 e. The van der Waals surface area contributed by atoms with Crippen molar-refractivity contribution in [3.8, 4) is 0 Å². The van der Waals surface area contributed by atoms with Gasteiger partial charge in [0.25, 0.3) is 5.56 Å². The molecule has 0 aliphatic rings. The van der Waals surface area contributed by atoms with Crippen LogP contribution in [-0.2, 0) is 0 Å². The van der Waals surface area contributed by atoms with E-state index in [9.17, 15) is 4.79 Å². The fourth-order valence-electron chi connectivity index (χ4n) is 0.934. The Morgan fingerprint density at radius 1 is 1.62 bits per heavy atom. The van der Waals surface area contributed by atoms with E-state index in [1.807, 2.05) is 13.8 Å². The highest BCUT2D eigenvalue weighted by molar-refractivity contribution is 6.40. The topological polar surface area (TPSA) is 34.9 Å². The predicted octanol–water partition coefficient (Wildman–Crippen LogP) is 2.52. The van der Waals surface area contributed by atoms with Crippen LogP contribution in [0.15, 0.2) is 11.1 Å². The fraction of sp³-hybridized carbons (Fsp3) is 0.500. The van der Waals surface area contributed by atoms with Crippen LogP contribution in [0.4, 0.5) is 0 Å². The summed E-state index contributed by atoms with van der Waals surface area (Å²) in [4.78, 5) is 15.3. The Balaban J connectivity index is 3.26. The van der Waals surface area contributed by atoms with E-state index in [2.05, 4.69) is 4.98 Å². The molecule has 1 rings (SSSR count). The van der Waals surface area contributed by atoms with Crippen LogP contribution < -0.4 is 5.56 Å². The maximum absolute atomic E-state index is 11.5. The van der Waals surface area contributed by atoms with Gasteiger partial charge in [-0.3, -0.25) is 9.36 Å². The Hall–Kier alpha value is -0.540. The zero-order valence-electron chi connectivity index (χ0n) is 7.42. The van der Waals surface area contributed by atoms with Gasteiger partial charge in [-0.05, 0) is 13.3 Å². The molecule has 0 N–H and O–H groups in total. The molecule has 1 heterocycles. The van der Waals surface area contributed by atoms with Gasteiger partial charge in [-0.1, -0.05) is 30.1 Å². The van der Waals surface area contributed by atoms with Crippen LogP contribution in [0.2, 0.25) is 10.2 Å². The quantitative estimate of drug-likeness (QED) is 0.719. The van der Waals surface area contributed by atoms with Crippen molar-refractivity contribution < 1.29 is 0 Å². The van der Waals surface area contributed by atoms with Crippen LogP contribution in [0.3, 0.4) is 0 Å². The van der Waals surface area contributed by atoms with Gasteiger partial charge in [-0.2, -0.15) is 0 Å². The van der Waals surface area contributed by atoms with Gasteiger partial charge >= 0.3 is 0 Å². The summed E-state index contributed by atoms with van der Waals surface area (Å²) < 4.78 is 1.48. The van der Waals surface area contributed by atoms with E-state index < -0.39 is 0 Å². The second-order valence-corrected chi connectivity index (χ2v) is 3.56. The van der Waals surface area contributed by atoms with Crippen molar-refractivity contribution in [1.29, 1.82) is 0 Å². The van der Waals surface area contributed by atoms with E-state index in [0.29, 0.717) is 0 Å². The van der Waals surface area contributed by atoms with E-state index in [1.165, 1.54) is 10.9 Å². The average Bonchev–Trinajstić information content (AvgIpc) is 2.13. The summed E-state index contributed by atoms with van der Waals surface area (Å²) in [7, 11) is 0. The molecule has 0 fully saturated rings. The molecule has 0 aliphatic heterocycles. The Labute approximate surface area is 86.3 Å². The summed E-state index contributed by atoms with van der Waals surface area (Å²) in [6, 6.07) is 0.0924. The van der Waals surface area contributed by atoms with Crippen molar-refractivity contribution in [3.63, 3.8) is 0 Å². The average molecular weight is 221 g/mol. The highest BCUT2D eigenvalue weighted by Crippen LogP contribution is 2.15. The van der Waals surface area contributed by atoms with Gasteiger partial charge in [0.2, 0.25) is 0 Å². The van der Waals surface area contributed by atoms with Gasteiger partial charge < -0.3 is 0 Å². The van der Waals surface area contributed by atoms with E-state index in [1.54, 1.807) is 0 Å². The summed E-state index contributed by atoms with van der Waals surface area (Å²) in [5, 5.41) is 0.0516. The van der Waals surface area contributed by atoms with E-state index in [4.69, 9.17) is 23.2 Å². The first-order valence-electron chi connectivity index (χ1n) is 4.00. The lowest BCUT2D eigenvalue weighted by Crippen LogP contribution is -2.23. The third-order valence-corrected chi connectivity index (χ3v) is 2.69. The van der Waals surface area contributed by atoms with Crippen LogP contribution >= 0.6 is 23.2 Å². The molecule has 1 unspecified atom stereocenters. The molecule has 1 atom stereocenters. The maximum Gasteiger partial charge on any atom is 0.273 e. The molecule has 1 aromatic rings. The number of halogens is 2. The van der Waals surface area contributed by atoms with Gasteiger partial charge in [0.15, 0.2) is 5.15 Å². The van der Waals surface area contributed by atoms with Crippen LogP contribution in [-0.4, -0.2) is 9.55 Å². The van der Waals surface area contributed by atoms with Crippen molar-refractivity contribution in [1.82, 2.24) is 9.55 Å². The first-order valence-corrected chi connectivity index (χ1v) is 4.75. The zero-order valence-corrected chi connectivity index (χ0v) is 8.93. The van der Waals surface area contributed by atoms with Crippen LogP contribution in [0.5, 0.6) is 0 Å². The number of nitrogens with zero attached hydrogens (tertiary/aromatic N) is 2. The van der Waals surface area contributed by atoms with Crippen molar-refractivity contribution >= 4 is 23.2 Å². The van der Waals surface area contributed by atoms with E-state index in [-0.39, 0.29) is 21.8 Å². The van der Waals surface area contributed by atoms with Crippen molar-refractivity contribution in [2.75, 3.05) is 0 Å². The molecule has 0 amide bonds. The minimum atomic E-state index is -0.281. The molecule has 0 aromatic carbocycles. The number of rotatable bonds is 2. The first kappa shape index (κ1) is 10.5. The van der Waals surface area contributed by atoms with Crippen LogP contribution in [0, 0.1) is 0 Å². The number of hydrogen-bond acceptors (Lipinski definition) is 2. The minimum absolute atomic E-state index is 0.00975. The lowest BCUT2D eigenvalue weighted by molar-refractivity contribution is 0.506. The van der Waals surface area contributed by atoms with Crippen molar-refractivity contribution in [3.05, 3.63) is 26.9 Å². The minimum Gasteiger partial charge on any atom is -0.295 e. The summed E-state index contributed by atoms with van der Waals surface area (Å²) in [5.74, 6) is 0. The van der Waals surface area contributed by atoms with Crippen molar-refractivity contribution in [2.45, 2.75) is 26.3 Å². The summed E-state index contributed by atoms with van der Waals surface area (Å²) in [6.45, 7) is 3.91. The van der Waals surface area contributed by atoms with Crippen molar-refractivity contribution in [2.24, 2.45) is 0 Å². The third-order valence-electron chi connectivity index (χ3n) is 1.96. The highest BCUT2D eigenvalue weighted by Gasteiger charge is 2.10. The molecule has 0 saturated heterocycles. The normalized spacial score (nSPS) is 12.9. The van der Waals surface area contributed by atoms with Gasteiger partial charge in [0.05, 0.1) is 6.33 Å². The molecular weight excluding hydrogens is 211 g/mol. The van der Waals surface area contributed by atoms with Gasteiger partial charge in [-0.25, -0.2) is 4.98 Å². The molecule has 0 bridgehead atoms. The van der Waals surface area contributed by atoms with Crippen LogP contribution in [0.25, 0.3) is 0 Å². The van der Waals surface area contributed by atoms with Gasteiger partial charge in [0.1, 0.15) is 5.02 Å². The second kappa shape index (κ2) is 4.11. The Morgan fingerprint density at radius 3 is 2.77 bits per heavy atom. The standard InChI is InChI=1S/C8H10Cl2N2O/c1-3-5(2)12-4-11-7(10)6(9)8(12)13/h4-5H,3H2,1-2H3. The molecule has 0 saturated carbocycles. The third kappa shape index (κ3) is 2.03. The van der Waals surface area contributed by atoms with Crippen LogP contribution in [0.1, 0.15) is 26.3 Å². The zero-order chi connectivity index (χ0) is 10.0. The van der Waals surface area contributed by atoms with E-state index in [0.717, 1.165) is 6.42 Å². The lowest BCUT2D eigenvalue weighted by atomic mass is 10.2. The summed E-state index contributed by atoms with van der Waals surface area (Å²) >= 11 is 11.2. The first-order chi connectivity index (χ1) is 6.07. The maximum atomic E-state index is 11.5. The summed E-state index contributed by atoms with van der Waals surface area (Å²) in [6.07, 6.45) is 2.27. The van der Waals surface area contributed by atoms with E-state index >= 15 is 0 Å². The Bertz CT molecular complexity index is 362. The SMILES string of the molecule is CCC(C)n1cnc(Cl)c(Cl)c1=O. The molecule has 1 aromatic heterocycles.